The Morgan fingerprint density at radius 3 is 3.09 bits per heavy atom. The highest BCUT2D eigenvalue weighted by Crippen LogP contribution is 2.24. The molecule has 2 atom stereocenters. The van der Waals surface area contributed by atoms with E-state index in [2.05, 4.69) is 10.3 Å². The Morgan fingerprint density at radius 1 is 1.45 bits per heavy atom. The van der Waals surface area contributed by atoms with E-state index in [1.165, 1.54) is 11.3 Å². The summed E-state index contributed by atoms with van der Waals surface area (Å²) in [6.45, 7) is 1.18. The Labute approximate surface area is 132 Å². The Balaban J connectivity index is 1.63. The molecule has 0 aromatic carbocycles. The first kappa shape index (κ1) is 15.2. The normalized spacial score (nSPS) is 22.0. The van der Waals surface area contributed by atoms with Gasteiger partial charge in [-0.25, -0.2) is 4.98 Å². The topological polar surface area (TPSA) is 90.0 Å². The van der Waals surface area contributed by atoms with Crippen molar-refractivity contribution in [2.75, 3.05) is 6.54 Å². The number of hydrogen-bond donors (Lipinski definition) is 2. The number of hydrogen-bond acceptors (Lipinski definition) is 5. The molecule has 0 radical (unpaired) electrons. The van der Waals surface area contributed by atoms with Gasteiger partial charge in [-0.3, -0.25) is 14.2 Å². The molecule has 2 aromatic heterocycles. The highest BCUT2D eigenvalue weighted by atomic mass is 32.1. The van der Waals surface area contributed by atoms with Crippen molar-refractivity contribution in [1.82, 2.24) is 14.9 Å². The third-order valence-electron chi connectivity index (χ3n) is 4.33. The number of nitrogens with two attached hydrogens (primary N) is 1. The molecule has 7 heteroatoms. The maximum Gasteiger partial charge on any atom is 0.271 e. The van der Waals surface area contributed by atoms with E-state index in [4.69, 9.17) is 5.73 Å². The quantitative estimate of drug-likeness (QED) is 0.863. The summed E-state index contributed by atoms with van der Waals surface area (Å²) in [7, 11) is 0. The summed E-state index contributed by atoms with van der Waals surface area (Å²) >= 11 is 1.42. The second-order valence-electron chi connectivity index (χ2n) is 5.73. The SMILES string of the molecule is NC(=O)[C@@H]1CCCC[C@@H]1NCCn1cnc2ccsc2c1=O. The summed E-state index contributed by atoms with van der Waals surface area (Å²) in [5.41, 5.74) is 6.22. The van der Waals surface area contributed by atoms with E-state index >= 15 is 0 Å². The summed E-state index contributed by atoms with van der Waals surface area (Å²) in [4.78, 5) is 28.0. The number of aromatic nitrogens is 2. The van der Waals surface area contributed by atoms with Crippen molar-refractivity contribution >= 4 is 27.5 Å². The minimum absolute atomic E-state index is 0.00287. The zero-order valence-corrected chi connectivity index (χ0v) is 13.1. The maximum atomic E-state index is 12.3. The Bertz CT molecular complexity index is 724. The molecule has 6 nitrogen and oxygen atoms in total. The molecule has 3 rings (SSSR count). The maximum absolute atomic E-state index is 12.3. The van der Waals surface area contributed by atoms with Gasteiger partial charge in [0.1, 0.15) is 4.70 Å². The molecule has 2 aromatic rings. The van der Waals surface area contributed by atoms with E-state index in [9.17, 15) is 9.59 Å². The van der Waals surface area contributed by atoms with Gasteiger partial charge in [-0.1, -0.05) is 12.8 Å². The Kier molecular flexibility index (Phi) is 4.54. The molecule has 1 aliphatic carbocycles. The van der Waals surface area contributed by atoms with Crippen LogP contribution in [0.1, 0.15) is 25.7 Å². The van der Waals surface area contributed by atoms with E-state index in [-0.39, 0.29) is 23.4 Å². The Morgan fingerprint density at radius 2 is 2.27 bits per heavy atom. The summed E-state index contributed by atoms with van der Waals surface area (Å²) < 4.78 is 2.31. The van der Waals surface area contributed by atoms with Crippen LogP contribution in [0.4, 0.5) is 0 Å². The van der Waals surface area contributed by atoms with Gasteiger partial charge in [0.15, 0.2) is 0 Å². The number of thiophene rings is 1. The fourth-order valence-corrected chi connectivity index (χ4v) is 3.92. The summed E-state index contributed by atoms with van der Waals surface area (Å²) in [5, 5.41) is 5.26. The first-order valence-corrected chi connectivity index (χ1v) is 8.50. The van der Waals surface area contributed by atoms with Crippen molar-refractivity contribution in [2.45, 2.75) is 38.3 Å². The molecule has 0 saturated heterocycles. The second-order valence-corrected chi connectivity index (χ2v) is 6.65. The van der Waals surface area contributed by atoms with Gasteiger partial charge in [0, 0.05) is 19.1 Å². The van der Waals surface area contributed by atoms with Gasteiger partial charge in [-0.15, -0.1) is 11.3 Å². The van der Waals surface area contributed by atoms with Crippen molar-refractivity contribution in [2.24, 2.45) is 11.7 Å². The highest BCUT2D eigenvalue weighted by molar-refractivity contribution is 7.17. The molecule has 0 spiro atoms. The molecule has 2 heterocycles. The van der Waals surface area contributed by atoms with Crippen LogP contribution in [0.15, 0.2) is 22.6 Å². The zero-order chi connectivity index (χ0) is 15.5. The number of primary amides is 1. The van der Waals surface area contributed by atoms with Gasteiger partial charge in [-0.2, -0.15) is 0 Å². The molecule has 22 heavy (non-hydrogen) atoms. The van der Waals surface area contributed by atoms with Crippen LogP contribution in [0.2, 0.25) is 0 Å². The average Bonchev–Trinajstić information content (AvgIpc) is 2.99. The van der Waals surface area contributed by atoms with Gasteiger partial charge < -0.3 is 11.1 Å². The number of rotatable bonds is 5. The molecule has 0 aliphatic heterocycles. The number of amides is 1. The van der Waals surface area contributed by atoms with E-state index in [0.717, 1.165) is 31.2 Å². The van der Waals surface area contributed by atoms with Gasteiger partial charge in [0.2, 0.25) is 5.91 Å². The first-order valence-electron chi connectivity index (χ1n) is 7.62. The number of carbonyl (C=O) groups excluding carboxylic acids is 1. The number of nitrogens with zero attached hydrogens (tertiary/aromatic N) is 2. The summed E-state index contributed by atoms with van der Waals surface area (Å²) in [5.74, 6) is -0.320. The smallest absolute Gasteiger partial charge is 0.271 e. The average molecular weight is 320 g/mol. The molecule has 118 valence electrons. The second kappa shape index (κ2) is 6.58. The van der Waals surface area contributed by atoms with Crippen LogP contribution in [0.5, 0.6) is 0 Å². The molecule has 0 unspecified atom stereocenters. The predicted octanol–water partition coefficient (Wildman–Crippen LogP) is 1.09. The van der Waals surface area contributed by atoms with Crippen LogP contribution >= 0.6 is 11.3 Å². The van der Waals surface area contributed by atoms with E-state index in [1.807, 2.05) is 11.4 Å². The van der Waals surface area contributed by atoms with Gasteiger partial charge >= 0.3 is 0 Å². The molecule has 3 N–H and O–H groups in total. The van der Waals surface area contributed by atoms with Crippen molar-refractivity contribution < 1.29 is 4.79 Å². The van der Waals surface area contributed by atoms with E-state index < -0.39 is 0 Å². The first-order chi connectivity index (χ1) is 10.7. The summed E-state index contributed by atoms with van der Waals surface area (Å²) in [6.07, 6.45) is 5.58. The fourth-order valence-electron chi connectivity index (χ4n) is 3.12. The molecule has 0 bridgehead atoms. The van der Waals surface area contributed by atoms with Crippen LogP contribution in [0.3, 0.4) is 0 Å². The minimum atomic E-state index is -0.226. The van der Waals surface area contributed by atoms with Crippen molar-refractivity contribution in [3.8, 4) is 0 Å². The van der Waals surface area contributed by atoms with Crippen LogP contribution in [-0.2, 0) is 11.3 Å². The monoisotopic (exact) mass is 320 g/mol. The van der Waals surface area contributed by atoms with Crippen LogP contribution < -0.4 is 16.6 Å². The lowest BCUT2D eigenvalue weighted by molar-refractivity contribution is -0.123. The van der Waals surface area contributed by atoms with Crippen LogP contribution in [0, 0.1) is 5.92 Å². The number of fused-ring (bicyclic) bond motifs is 1. The number of nitrogens with one attached hydrogen (secondary N) is 1. The van der Waals surface area contributed by atoms with Crippen molar-refractivity contribution in [1.29, 1.82) is 0 Å². The minimum Gasteiger partial charge on any atom is -0.369 e. The number of carbonyl (C=O) groups is 1. The molecule has 1 amide bonds. The molecule has 1 aliphatic rings. The summed E-state index contributed by atoms with van der Waals surface area (Å²) in [6, 6.07) is 1.98. The fraction of sp³-hybridized carbons (Fsp3) is 0.533. The van der Waals surface area contributed by atoms with E-state index in [0.29, 0.717) is 17.8 Å². The van der Waals surface area contributed by atoms with Crippen molar-refractivity contribution in [3.05, 3.63) is 28.1 Å². The lowest BCUT2D eigenvalue weighted by Gasteiger charge is -2.30. The zero-order valence-electron chi connectivity index (χ0n) is 12.3. The van der Waals surface area contributed by atoms with Gasteiger partial charge in [0.25, 0.3) is 5.56 Å². The standard InChI is InChI=1S/C15H20N4O2S/c16-14(20)10-3-1-2-4-11(10)17-6-7-19-9-18-12-5-8-22-13(12)15(19)21/h5,8-11,17H,1-4,6-7H2,(H2,16,20)/t10-,11+/m1/s1. The lowest BCUT2D eigenvalue weighted by Crippen LogP contribution is -2.46. The van der Waals surface area contributed by atoms with Crippen LogP contribution in [0.25, 0.3) is 10.2 Å². The van der Waals surface area contributed by atoms with E-state index in [1.54, 1.807) is 10.9 Å². The van der Waals surface area contributed by atoms with Gasteiger partial charge in [-0.05, 0) is 24.3 Å². The molecule has 1 saturated carbocycles. The lowest BCUT2D eigenvalue weighted by atomic mass is 9.84. The largest absolute Gasteiger partial charge is 0.369 e. The highest BCUT2D eigenvalue weighted by Gasteiger charge is 2.28. The molecule has 1 fully saturated rings. The Hall–Kier alpha value is -1.73. The third-order valence-corrected chi connectivity index (χ3v) is 5.22. The van der Waals surface area contributed by atoms with Crippen molar-refractivity contribution in [3.63, 3.8) is 0 Å². The third kappa shape index (κ3) is 3.05. The van der Waals surface area contributed by atoms with Gasteiger partial charge in [0.05, 0.1) is 17.8 Å². The van der Waals surface area contributed by atoms with Crippen LogP contribution in [-0.4, -0.2) is 28.0 Å². The predicted molar refractivity (Wildman–Crippen MR) is 86.8 cm³/mol. The molecular weight excluding hydrogens is 300 g/mol. The molecular formula is C15H20N4O2S.